The van der Waals surface area contributed by atoms with Crippen molar-refractivity contribution in [3.8, 4) is 0 Å². The van der Waals surface area contributed by atoms with Crippen LogP contribution in [0.3, 0.4) is 0 Å². The van der Waals surface area contributed by atoms with Crippen LogP contribution in [0.5, 0.6) is 0 Å². The number of hydrogen-bond acceptors (Lipinski definition) is 2. The van der Waals surface area contributed by atoms with Crippen molar-refractivity contribution >= 4 is 27.2 Å². The van der Waals surface area contributed by atoms with E-state index in [2.05, 4.69) is 11.2 Å². The van der Waals surface area contributed by atoms with Crippen LogP contribution in [0.1, 0.15) is 35.2 Å². The minimum absolute atomic E-state index is 0.0168. The Morgan fingerprint density at radius 2 is 1.71 bits per heavy atom. The van der Waals surface area contributed by atoms with E-state index in [4.69, 9.17) is 0 Å². The van der Waals surface area contributed by atoms with Crippen molar-refractivity contribution in [2.24, 2.45) is 0 Å². The van der Waals surface area contributed by atoms with Crippen LogP contribution in [0.4, 0.5) is 18.9 Å². The largest absolute Gasteiger partial charge is 0.416 e. The fourth-order valence-corrected chi connectivity index (χ4v) is 5.12. The fraction of sp³-hybridized carbons (Fsp3) is 0.300. The number of piperidine rings is 1. The lowest BCUT2D eigenvalue weighted by Crippen LogP contribution is -2.36. The van der Waals surface area contributed by atoms with Crippen molar-refractivity contribution in [2.75, 3.05) is 18.4 Å². The molecule has 1 amide bonds. The lowest BCUT2D eigenvalue weighted by Gasteiger charge is -2.30. The molecule has 1 aliphatic rings. The highest BCUT2D eigenvalue weighted by Crippen LogP contribution is 2.31. The number of amides is 1. The van der Waals surface area contributed by atoms with Gasteiger partial charge in [-0.05, 0) is 49.0 Å². The van der Waals surface area contributed by atoms with E-state index in [0.29, 0.717) is 18.0 Å². The van der Waals surface area contributed by atoms with E-state index in [-0.39, 0.29) is 11.3 Å². The first-order chi connectivity index (χ1) is 13.2. The van der Waals surface area contributed by atoms with Gasteiger partial charge in [0.1, 0.15) is 0 Å². The molecule has 0 spiro atoms. The lowest BCUT2D eigenvalue weighted by molar-refractivity contribution is -0.137. The molecular weight excluding hydrogens is 389 g/mol. The van der Waals surface area contributed by atoms with Crippen molar-refractivity contribution in [3.63, 3.8) is 0 Å². The van der Waals surface area contributed by atoms with Crippen molar-refractivity contribution in [2.45, 2.75) is 30.3 Å². The van der Waals surface area contributed by atoms with Crippen LogP contribution in [-0.4, -0.2) is 33.4 Å². The zero-order chi connectivity index (χ0) is 20.4. The Hall–Kier alpha value is -2.32. The smallest absolute Gasteiger partial charge is 0.322 e. The van der Waals surface area contributed by atoms with Gasteiger partial charge in [0.2, 0.25) is 0 Å². The number of alkyl halides is 3. The molecule has 0 bridgehead atoms. The van der Waals surface area contributed by atoms with Crippen molar-refractivity contribution in [1.82, 2.24) is 4.31 Å². The number of carbonyl (C=O) groups is 1. The van der Waals surface area contributed by atoms with E-state index in [0.717, 1.165) is 31.4 Å². The Morgan fingerprint density at radius 3 is 2.39 bits per heavy atom. The zero-order valence-electron chi connectivity index (χ0n) is 15.2. The van der Waals surface area contributed by atoms with Gasteiger partial charge in [0.15, 0.2) is 0 Å². The highest BCUT2D eigenvalue weighted by molar-refractivity contribution is 7.98. The first kappa shape index (κ1) is 20.4. The molecule has 1 heterocycles. The predicted octanol–water partition coefficient (Wildman–Crippen LogP) is 4.43. The molecule has 0 radical (unpaired) electrons. The summed E-state index contributed by atoms with van der Waals surface area (Å²) in [6.45, 7) is 1.26. The Morgan fingerprint density at radius 1 is 1.04 bits per heavy atom. The molecule has 0 aliphatic carbocycles. The lowest BCUT2D eigenvalue weighted by atomic mass is 10.1. The van der Waals surface area contributed by atoms with Crippen LogP contribution in [0.25, 0.3) is 0 Å². The maximum Gasteiger partial charge on any atom is 0.416 e. The van der Waals surface area contributed by atoms with Gasteiger partial charge >= 0.3 is 6.18 Å². The summed E-state index contributed by atoms with van der Waals surface area (Å²) >= 11 is 0. The Balaban J connectivity index is 1.90. The quantitative estimate of drug-likeness (QED) is 0.758. The molecule has 0 aromatic heterocycles. The third kappa shape index (κ3) is 4.39. The molecule has 150 valence electrons. The highest BCUT2D eigenvalue weighted by Gasteiger charge is 2.31. The standard InChI is InChI=1S/C20H21F3N2O2S/c1-28(27,25-12-5-2-6-13-25)18-11-4-3-10-17(18)19(26)24-16-9-7-8-15(14-16)20(21,22)23/h3-4,7-11,14H,1-2,5-6,12-13H2,(H,24,26). The van der Waals surface area contributed by atoms with Crippen molar-refractivity contribution in [1.29, 1.82) is 0 Å². The normalized spacial score (nSPS) is 17.7. The van der Waals surface area contributed by atoms with Gasteiger partial charge in [-0.2, -0.15) is 13.2 Å². The fourth-order valence-electron chi connectivity index (χ4n) is 3.20. The van der Waals surface area contributed by atoms with E-state index in [1.165, 1.54) is 18.2 Å². The van der Waals surface area contributed by atoms with Crippen molar-refractivity contribution < 1.29 is 22.2 Å². The molecule has 2 aromatic rings. The zero-order valence-corrected chi connectivity index (χ0v) is 16.0. The van der Waals surface area contributed by atoms with Gasteiger partial charge in [-0.25, -0.2) is 8.51 Å². The number of carbonyl (C=O) groups excluding carboxylic acids is 1. The highest BCUT2D eigenvalue weighted by atomic mass is 32.2. The number of nitrogens with zero attached hydrogens (tertiary/aromatic N) is 1. The summed E-state index contributed by atoms with van der Waals surface area (Å²) in [6.07, 6.45) is -1.63. The van der Waals surface area contributed by atoms with E-state index in [9.17, 15) is 22.2 Å². The predicted molar refractivity (Wildman–Crippen MR) is 105 cm³/mol. The minimum atomic E-state index is -4.51. The molecule has 28 heavy (non-hydrogen) atoms. The number of anilines is 1. The topological polar surface area (TPSA) is 49.4 Å². The van der Waals surface area contributed by atoms with Crippen molar-refractivity contribution in [3.05, 3.63) is 59.7 Å². The van der Waals surface area contributed by atoms with Gasteiger partial charge in [-0.1, -0.05) is 24.6 Å². The molecule has 1 N–H and O–H groups in total. The molecular formula is C20H21F3N2O2S. The molecule has 1 fully saturated rings. The average Bonchev–Trinajstić information content (AvgIpc) is 2.68. The molecule has 1 aliphatic heterocycles. The number of rotatable bonds is 4. The molecule has 0 saturated carbocycles. The molecule has 1 unspecified atom stereocenters. The minimum Gasteiger partial charge on any atom is -0.322 e. The van der Waals surface area contributed by atoms with Gasteiger partial charge in [0.05, 0.1) is 25.7 Å². The average molecular weight is 410 g/mol. The number of hydrogen-bond donors (Lipinski definition) is 1. The Labute approximate surface area is 162 Å². The van der Waals surface area contributed by atoms with Gasteiger partial charge in [0, 0.05) is 18.8 Å². The van der Waals surface area contributed by atoms with Crippen LogP contribution in [-0.2, 0) is 15.9 Å². The van der Waals surface area contributed by atoms with Crippen LogP contribution in [0, 0.1) is 0 Å². The first-order valence-corrected chi connectivity index (χ1v) is 10.6. The maximum absolute atomic E-state index is 13.4. The monoisotopic (exact) mass is 410 g/mol. The summed E-state index contributed by atoms with van der Waals surface area (Å²) in [5.41, 5.74) is -0.693. The van der Waals surface area contributed by atoms with E-state index >= 15 is 0 Å². The summed E-state index contributed by atoms with van der Waals surface area (Å²) in [5, 5.41) is 2.48. The van der Waals surface area contributed by atoms with Crippen LogP contribution in [0.15, 0.2) is 53.4 Å². The second kappa shape index (κ2) is 7.97. The molecule has 4 nitrogen and oxygen atoms in total. The van der Waals surface area contributed by atoms with Gasteiger partial charge in [-0.15, -0.1) is 0 Å². The van der Waals surface area contributed by atoms with Crippen LogP contribution in [0.2, 0.25) is 0 Å². The molecule has 2 aromatic carbocycles. The number of halogens is 3. The summed E-state index contributed by atoms with van der Waals surface area (Å²) in [6, 6.07) is 10.8. The first-order valence-electron chi connectivity index (χ1n) is 8.89. The third-order valence-corrected chi connectivity index (χ3v) is 6.90. The molecule has 3 rings (SSSR count). The summed E-state index contributed by atoms with van der Waals surface area (Å²) in [5.74, 6) is 3.26. The molecule has 1 saturated heterocycles. The van der Waals surface area contributed by atoms with Crippen LogP contribution >= 0.6 is 0 Å². The SMILES string of the molecule is C=S(=O)(c1ccccc1C(=O)Nc1cccc(C(F)(F)F)c1)N1CCCCC1. The summed E-state index contributed by atoms with van der Waals surface area (Å²) in [4.78, 5) is 13.1. The molecule has 8 heteroatoms. The maximum atomic E-state index is 13.4. The molecule has 1 atom stereocenters. The second-order valence-corrected chi connectivity index (χ2v) is 8.90. The second-order valence-electron chi connectivity index (χ2n) is 6.66. The third-order valence-electron chi connectivity index (χ3n) is 4.66. The van der Waals surface area contributed by atoms with Crippen LogP contribution < -0.4 is 5.32 Å². The Kier molecular flexibility index (Phi) is 5.81. The van der Waals surface area contributed by atoms with Gasteiger partial charge in [0.25, 0.3) is 5.91 Å². The number of benzene rings is 2. The Bertz CT molecular complexity index is 965. The van der Waals surface area contributed by atoms with E-state index < -0.39 is 27.4 Å². The summed E-state index contributed by atoms with van der Waals surface area (Å²) < 4.78 is 53.8. The van der Waals surface area contributed by atoms with Gasteiger partial charge < -0.3 is 5.32 Å². The van der Waals surface area contributed by atoms with E-state index in [1.807, 2.05) is 0 Å². The van der Waals surface area contributed by atoms with Gasteiger partial charge in [-0.3, -0.25) is 4.79 Å². The number of nitrogens with one attached hydrogen (secondary N) is 1. The summed E-state index contributed by atoms with van der Waals surface area (Å²) in [7, 11) is -2.87. The van der Waals surface area contributed by atoms with E-state index in [1.54, 1.807) is 22.5 Å².